The largest absolute Gasteiger partial charge is 0.493 e. The fourth-order valence-corrected chi connectivity index (χ4v) is 3.78. The molecule has 0 spiro atoms. The normalized spacial score (nSPS) is 14.0. The number of hydrogen-bond acceptors (Lipinski definition) is 7. The average Bonchev–Trinajstić information content (AvgIpc) is 3.27. The van der Waals surface area contributed by atoms with Gasteiger partial charge in [0.15, 0.2) is 17.2 Å². The predicted octanol–water partition coefficient (Wildman–Crippen LogP) is 5.68. The number of carbonyl (C=O) groups excluding carboxylic acids is 1. The van der Waals surface area contributed by atoms with Crippen LogP contribution in [0, 0.1) is 10.1 Å². The molecule has 0 N–H and O–H groups in total. The molecule has 8 nitrogen and oxygen atoms in total. The molecule has 0 saturated heterocycles. The van der Waals surface area contributed by atoms with E-state index in [4.69, 9.17) is 14.2 Å². The number of benzene rings is 4. The van der Waals surface area contributed by atoms with Crippen molar-refractivity contribution < 1.29 is 23.9 Å². The number of carbonyl (C=O) groups is 1. The van der Waals surface area contributed by atoms with Crippen LogP contribution < -0.4 is 9.47 Å². The standard InChI is InChI=1S/C28H20N2O6/c1-34-25-13-8-19(15-26(25)35-17-18-6-11-23(12-7-18)30(32)33)14-24-28(31)36-27(29-24)22-10-9-20-4-2-3-5-21(20)16-22/h2-16H,17H2,1H3/b24-14+. The van der Waals surface area contributed by atoms with Gasteiger partial charge in [-0.15, -0.1) is 0 Å². The number of cyclic esters (lactones) is 1. The molecule has 0 atom stereocenters. The molecule has 178 valence electrons. The van der Waals surface area contributed by atoms with Gasteiger partial charge in [-0.1, -0.05) is 36.4 Å². The molecule has 5 rings (SSSR count). The van der Waals surface area contributed by atoms with E-state index in [1.165, 1.54) is 19.2 Å². The Morgan fingerprint density at radius 2 is 1.72 bits per heavy atom. The highest BCUT2D eigenvalue weighted by Crippen LogP contribution is 2.31. The molecule has 0 fully saturated rings. The average molecular weight is 480 g/mol. The van der Waals surface area contributed by atoms with Gasteiger partial charge in [-0.05, 0) is 64.4 Å². The van der Waals surface area contributed by atoms with Crippen molar-refractivity contribution >= 4 is 34.4 Å². The van der Waals surface area contributed by atoms with Gasteiger partial charge in [0.1, 0.15) is 6.61 Å². The molecule has 0 bridgehead atoms. The Kier molecular flexibility index (Phi) is 6.15. The second-order valence-electron chi connectivity index (χ2n) is 8.02. The van der Waals surface area contributed by atoms with E-state index in [1.54, 1.807) is 36.4 Å². The van der Waals surface area contributed by atoms with Gasteiger partial charge in [0.2, 0.25) is 5.90 Å². The molecule has 0 saturated carbocycles. The van der Waals surface area contributed by atoms with E-state index >= 15 is 0 Å². The third kappa shape index (κ3) is 4.78. The van der Waals surface area contributed by atoms with Crippen LogP contribution in [-0.4, -0.2) is 23.9 Å². The summed E-state index contributed by atoms with van der Waals surface area (Å²) in [7, 11) is 1.53. The molecule has 0 aromatic heterocycles. The summed E-state index contributed by atoms with van der Waals surface area (Å²) in [6.07, 6.45) is 1.62. The first kappa shape index (κ1) is 22.8. The second-order valence-corrected chi connectivity index (χ2v) is 8.02. The summed E-state index contributed by atoms with van der Waals surface area (Å²) >= 11 is 0. The molecule has 1 heterocycles. The summed E-state index contributed by atoms with van der Waals surface area (Å²) in [6.45, 7) is 0.181. The van der Waals surface area contributed by atoms with Crippen molar-refractivity contribution in [1.82, 2.24) is 0 Å². The number of fused-ring (bicyclic) bond motifs is 1. The molecular formula is C28H20N2O6. The lowest BCUT2D eigenvalue weighted by atomic mass is 10.1. The van der Waals surface area contributed by atoms with Crippen molar-refractivity contribution in [3.8, 4) is 11.5 Å². The van der Waals surface area contributed by atoms with Crippen molar-refractivity contribution in [2.24, 2.45) is 4.99 Å². The van der Waals surface area contributed by atoms with Crippen LogP contribution in [0.3, 0.4) is 0 Å². The van der Waals surface area contributed by atoms with Crippen LogP contribution in [-0.2, 0) is 16.1 Å². The number of nitrogens with zero attached hydrogens (tertiary/aromatic N) is 2. The van der Waals surface area contributed by atoms with Crippen LogP contribution in [0.4, 0.5) is 5.69 Å². The number of nitro groups is 1. The van der Waals surface area contributed by atoms with E-state index in [2.05, 4.69) is 4.99 Å². The fraction of sp³-hybridized carbons (Fsp3) is 0.0714. The maximum Gasteiger partial charge on any atom is 0.363 e. The number of esters is 1. The fourth-order valence-electron chi connectivity index (χ4n) is 3.78. The number of non-ortho nitro benzene ring substituents is 1. The summed E-state index contributed by atoms with van der Waals surface area (Å²) in [5.74, 6) is 0.672. The SMILES string of the molecule is COc1ccc(/C=C2/N=C(c3ccc4ccccc4c3)OC2=O)cc1OCc1ccc([N+](=O)[O-])cc1. The molecule has 1 aliphatic heterocycles. The van der Waals surface area contributed by atoms with Crippen molar-refractivity contribution in [2.75, 3.05) is 7.11 Å². The van der Waals surface area contributed by atoms with Gasteiger partial charge in [-0.25, -0.2) is 9.79 Å². The summed E-state index contributed by atoms with van der Waals surface area (Å²) in [6, 6.07) is 25.0. The van der Waals surface area contributed by atoms with Crippen LogP contribution in [0.25, 0.3) is 16.8 Å². The van der Waals surface area contributed by atoms with Crippen LogP contribution in [0.5, 0.6) is 11.5 Å². The van der Waals surface area contributed by atoms with Crippen molar-refractivity contribution in [3.63, 3.8) is 0 Å². The first-order chi connectivity index (χ1) is 17.5. The zero-order chi connectivity index (χ0) is 25.1. The molecule has 0 radical (unpaired) electrons. The van der Waals surface area contributed by atoms with Crippen molar-refractivity contribution in [2.45, 2.75) is 6.61 Å². The molecule has 36 heavy (non-hydrogen) atoms. The van der Waals surface area contributed by atoms with Gasteiger partial charge in [-0.3, -0.25) is 10.1 Å². The molecule has 4 aromatic rings. The minimum atomic E-state index is -0.540. The smallest absolute Gasteiger partial charge is 0.363 e. The Balaban J connectivity index is 1.37. The third-order valence-corrected chi connectivity index (χ3v) is 5.65. The summed E-state index contributed by atoms with van der Waals surface area (Å²) in [4.78, 5) is 27.3. The van der Waals surface area contributed by atoms with E-state index in [9.17, 15) is 14.9 Å². The van der Waals surface area contributed by atoms with E-state index in [0.717, 1.165) is 16.3 Å². The Bertz CT molecular complexity index is 1540. The van der Waals surface area contributed by atoms with Gasteiger partial charge >= 0.3 is 5.97 Å². The summed E-state index contributed by atoms with van der Waals surface area (Å²) in [5.41, 5.74) is 2.33. The second kappa shape index (κ2) is 9.71. The first-order valence-corrected chi connectivity index (χ1v) is 11.1. The Morgan fingerprint density at radius 3 is 2.47 bits per heavy atom. The van der Waals surface area contributed by atoms with E-state index < -0.39 is 10.9 Å². The lowest BCUT2D eigenvalue weighted by Crippen LogP contribution is -2.05. The Hall–Kier alpha value is -4.98. The van der Waals surface area contributed by atoms with E-state index in [1.807, 2.05) is 42.5 Å². The van der Waals surface area contributed by atoms with Gasteiger partial charge in [0.05, 0.1) is 12.0 Å². The monoisotopic (exact) mass is 480 g/mol. The quantitative estimate of drug-likeness (QED) is 0.146. The Labute approximate surface area is 206 Å². The lowest BCUT2D eigenvalue weighted by Gasteiger charge is -2.11. The van der Waals surface area contributed by atoms with Crippen molar-refractivity contribution in [1.29, 1.82) is 0 Å². The topological polar surface area (TPSA) is 100 Å². The molecule has 4 aromatic carbocycles. The zero-order valence-corrected chi connectivity index (χ0v) is 19.2. The van der Waals surface area contributed by atoms with E-state index in [-0.39, 0.29) is 23.9 Å². The highest BCUT2D eigenvalue weighted by atomic mass is 16.6. The van der Waals surface area contributed by atoms with E-state index in [0.29, 0.717) is 22.6 Å². The van der Waals surface area contributed by atoms with Gasteiger partial charge in [0, 0.05) is 17.7 Å². The van der Waals surface area contributed by atoms with Crippen molar-refractivity contribution in [3.05, 3.63) is 117 Å². The number of ether oxygens (including phenoxy) is 3. The number of methoxy groups -OCH3 is 1. The van der Waals surface area contributed by atoms with Gasteiger partial charge in [-0.2, -0.15) is 0 Å². The summed E-state index contributed by atoms with van der Waals surface area (Å²) in [5, 5.41) is 12.9. The van der Waals surface area contributed by atoms with Crippen LogP contribution in [0.2, 0.25) is 0 Å². The molecule has 8 heteroatoms. The highest BCUT2D eigenvalue weighted by molar-refractivity contribution is 6.13. The lowest BCUT2D eigenvalue weighted by molar-refractivity contribution is -0.384. The molecule has 0 unspecified atom stereocenters. The molecule has 1 aliphatic rings. The maximum absolute atomic E-state index is 12.5. The number of nitro benzene ring substituents is 1. The molecule has 0 aliphatic carbocycles. The highest BCUT2D eigenvalue weighted by Gasteiger charge is 2.24. The number of hydrogen-bond donors (Lipinski definition) is 0. The van der Waals surface area contributed by atoms with Gasteiger partial charge in [0.25, 0.3) is 5.69 Å². The predicted molar refractivity (Wildman–Crippen MR) is 135 cm³/mol. The zero-order valence-electron chi connectivity index (χ0n) is 19.2. The van der Waals surface area contributed by atoms with Gasteiger partial charge < -0.3 is 14.2 Å². The van der Waals surface area contributed by atoms with Crippen LogP contribution in [0.1, 0.15) is 16.7 Å². The minimum absolute atomic E-state index is 0.0111. The first-order valence-electron chi connectivity index (χ1n) is 11.1. The van der Waals surface area contributed by atoms with Crippen LogP contribution >= 0.6 is 0 Å². The van der Waals surface area contributed by atoms with Crippen LogP contribution in [0.15, 0.2) is 95.6 Å². The number of aliphatic imine (C=N–C) groups is 1. The summed E-state index contributed by atoms with van der Waals surface area (Å²) < 4.78 is 16.7. The molecule has 0 amide bonds. The maximum atomic E-state index is 12.5. The number of rotatable bonds is 7. The Morgan fingerprint density at radius 1 is 0.944 bits per heavy atom. The third-order valence-electron chi connectivity index (χ3n) is 5.65. The molecular weight excluding hydrogens is 460 g/mol. The minimum Gasteiger partial charge on any atom is -0.493 e.